The van der Waals surface area contributed by atoms with E-state index in [9.17, 15) is 18.8 Å². The Labute approximate surface area is 149 Å². The zero-order chi connectivity index (χ0) is 18.2. The lowest BCUT2D eigenvalue weighted by Gasteiger charge is -2.36. The predicted molar refractivity (Wildman–Crippen MR) is 90.6 cm³/mol. The van der Waals surface area contributed by atoms with Crippen LogP contribution in [0.25, 0.3) is 0 Å². The molecule has 1 aliphatic carbocycles. The molecule has 1 heterocycles. The third-order valence-corrected chi connectivity index (χ3v) is 5.24. The van der Waals surface area contributed by atoms with Crippen molar-refractivity contribution in [3.63, 3.8) is 0 Å². The fraction of sp³-hybridized carbons (Fsp3) is 0.471. The van der Waals surface area contributed by atoms with E-state index in [1.807, 2.05) is 6.92 Å². The Hall–Kier alpha value is -2.15. The number of hydrogen-bond donors (Lipinski definition) is 2. The number of carbonyl (C=O) groups is 3. The molecule has 0 radical (unpaired) electrons. The molecule has 8 heteroatoms. The Kier molecular flexibility index (Phi) is 4.69. The summed E-state index contributed by atoms with van der Waals surface area (Å²) in [5, 5.41) is 5.34. The molecule has 134 valence electrons. The van der Waals surface area contributed by atoms with Crippen LogP contribution in [0.2, 0.25) is 5.02 Å². The summed E-state index contributed by atoms with van der Waals surface area (Å²) >= 11 is 5.67. The number of nitrogens with one attached hydrogen (secondary N) is 2. The molecule has 6 nitrogen and oxygen atoms in total. The van der Waals surface area contributed by atoms with Crippen molar-refractivity contribution in [3.05, 3.63) is 29.0 Å². The molecule has 1 saturated heterocycles. The first-order chi connectivity index (χ1) is 11.8. The molecule has 1 saturated carbocycles. The van der Waals surface area contributed by atoms with E-state index in [2.05, 4.69) is 10.6 Å². The number of imide groups is 1. The smallest absolute Gasteiger partial charge is 0.323 e. The normalized spacial score (nSPS) is 26.0. The number of nitrogens with zero attached hydrogens (tertiary/aromatic N) is 1. The van der Waals surface area contributed by atoms with Crippen molar-refractivity contribution in [1.29, 1.82) is 0 Å². The summed E-state index contributed by atoms with van der Waals surface area (Å²) < 4.78 is 13.8. The molecular formula is C17H19ClFN3O3. The summed E-state index contributed by atoms with van der Waals surface area (Å²) in [6, 6.07) is 3.26. The van der Waals surface area contributed by atoms with Crippen molar-refractivity contribution in [2.45, 2.75) is 38.1 Å². The lowest BCUT2D eigenvalue weighted by molar-refractivity contribution is -0.136. The summed E-state index contributed by atoms with van der Waals surface area (Å²) in [6.45, 7) is 1.48. The summed E-state index contributed by atoms with van der Waals surface area (Å²) in [6.07, 6.45) is 3.29. The van der Waals surface area contributed by atoms with Crippen molar-refractivity contribution >= 4 is 35.1 Å². The Bertz CT molecular complexity index is 742. The van der Waals surface area contributed by atoms with Gasteiger partial charge in [0.25, 0.3) is 5.91 Å². The maximum Gasteiger partial charge on any atom is 0.325 e. The van der Waals surface area contributed by atoms with Crippen LogP contribution in [0.4, 0.5) is 14.9 Å². The van der Waals surface area contributed by atoms with Gasteiger partial charge in [0.15, 0.2) is 0 Å². The molecule has 0 bridgehead atoms. The average Bonchev–Trinajstić information content (AvgIpc) is 2.78. The molecule has 2 fully saturated rings. The zero-order valence-corrected chi connectivity index (χ0v) is 14.5. The van der Waals surface area contributed by atoms with E-state index in [-0.39, 0.29) is 22.5 Å². The molecular weight excluding hydrogens is 349 g/mol. The van der Waals surface area contributed by atoms with E-state index in [0.29, 0.717) is 6.42 Å². The first-order valence-electron chi connectivity index (χ1n) is 8.22. The number of hydrogen-bond acceptors (Lipinski definition) is 3. The molecule has 1 aromatic rings. The standard InChI is InChI=1S/C17H19ClFN3O3/c1-10-4-2-3-7-17(10)15(24)22(16(25)21-17)9-14(23)20-13-6-5-11(18)8-12(13)19/h5-6,8,10H,2-4,7,9H2,1H3,(H,20,23)(H,21,25)/t10-,17+/m1/s1. The molecule has 1 aliphatic heterocycles. The largest absolute Gasteiger partial charge is 0.325 e. The third kappa shape index (κ3) is 3.20. The molecule has 2 atom stereocenters. The molecule has 2 N–H and O–H groups in total. The number of carbonyl (C=O) groups excluding carboxylic acids is 3. The highest BCUT2D eigenvalue weighted by Gasteiger charge is 2.55. The van der Waals surface area contributed by atoms with Gasteiger partial charge < -0.3 is 10.6 Å². The summed E-state index contributed by atoms with van der Waals surface area (Å²) in [7, 11) is 0. The minimum Gasteiger partial charge on any atom is -0.323 e. The Morgan fingerprint density at radius 1 is 1.44 bits per heavy atom. The van der Waals surface area contributed by atoms with E-state index in [1.54, 1.807) is 0 Å². The van der Waals surface area contributed by atoms with Crippen LogP contribution in [0.15, 0.2) is 18.2 Å². The molecule has 25 heavy (non-hydrogen) atoms. The van der Waals surface area contributed by atoms with Crippen molar-refractivity contribution < 1.29 is 18.8 Å². The fourth-order valence-corrected chi connectivity index (χ4v) is 3.72. The molecule has 3 rings (SSSR count). The molecule has 1 aromatic carbocycles. The second kappa shape index (κ2) is 6.63. The van der Waals surface area contributed by atoms with E-state index >= 15 is 0 Å². The summed E-state index contributed by atoms with van der Waals surface area (Å²) in [5.74, 6) is -1.70. The monoisotopic (exact) mass is 367 g/mol. The lowest BCUT2D eigenvalue weighted by Crippen LogP contribution is -2.54. The highest BCUT2D eigenvalue weighted by molar-refractivity contribution is 6.30. The van der Waals surface area contributed by atoms with E-state index in [1.165, 1.54) is 12.1 Å². The van der Waals surface area contributed by atoms with Gasteiger partial charge in [-0.3, -0.25) is 14.5 Å². The first kappa shape index (κ1) is 17.7. The van der Waals surface area contributed by atoms with Crippen molar-refractivity contribution in [2.24, 2.45) is 5.92 Å². The van der Waals surface area contributed by atoms with Crippen molar-refractivity contribution in [2.75, 3.05) is 11.9 Å². The van der Waals surface area contributed by atoms with Crippen LogP contribution in [0.1, 0.15) is 32.6 Å². The number of anilines is 1. The lowest BCUT2D eigenvalue weighted by atomic mass is 9.73. The number of benzene rings is 1. The maximum atomic E-state index is 13.8. The van der Waals surface area contributed by atoms with Gasteiger partial charge in [0.2, 0.25) is 5.91 Å². The number of halogens is 2. The SMILES string of the molecule is C[C@@H]1CCCC[C@]12NC(=O)N(CC(=O)Nc1ccc(Cl)cc1F)C2=O. The maximum absolute atomic E-state index is 13.8. The molecule has 2 aliphatic rings. The minimum absolute atomic E-state index is 0.0134. The number of rotatable bonds is 3. The highest BCUT2D eigenvalue weighted by atomic mass is 35.5. The first-order valence-corrected chi connectivity index (χ1v) is 8.60. The van der Waals surface area contributed by atoms with Gasteiger partial charge >= 0.3 is 6.03 Å². The van der Waals surface area contributed by atoms with Gasteiger partial charge in [-0.05, 0) is 37.0 Å². The molecule has 0 unspecified atom stereocenters. The zero-order valence-electron chi connectivity index (χ0n) is 13.8. The molecule has 0 aromatic heterocycles. The average molecular weight is 368 g/mol. The number of amides is 4. The summed E-state index contributed by atoms with van der Waals surface area (Å²) in [5.41, 5.74) is -0.969. The summed E-state index contributed by atoms with van der Waals surface area (Å²) in [4.78, 5) is 38.1. The quantitative estimate of drug-likeness (QED) is 0.806. The third-order valence-electron chi connectivity index (χ3n) is 5.01. The number of urea groups is 1. The van der Waals surface area contributed by atoms with E-state index in [0.717, 1.165) is 30.2 Å². The van der Waals surface area contributed by atoms with Crippen LogP contribution < -0.4 is 10.6 Å². The van der Waals surface area contributed by atoms with Gasteiger partial charge in [-0.15, -0.1) is 0 Å². The molecule has 4 amide bonds. The minimum atomic E-state index is -0.916. The second-order valence-corrected chi connectivity index (χ2v) is 7.05. The van der Waals surface area contributed by atoms with Gasteiger partial charge in [0, 0.05) is 5.02 Å². The Morgan fingerprint density at radius 3 is 2.88 bits per heavy atom. The van der Waals surface area contributed by atoms with Crippen LogP contribution >= 0.6 is 11.6 Å². The fourth-order valence-electron chi connectivity index (χ4n) is 3.56. The van der Waals surface area contributed by atoms with Gasteiger partial charge in [0.05, 0.1) is 5.69 Å². The van der Waals surface area contributed by atoms with Crippen LogP contribution in [0.3, 0.4) is 0 Å². The predicted octanol–water partition coefficient (Wildman–Crippen LogP) is 2.92. The van der Waals surface area contributed by atoms with E-state index in [4.69, 9.17) is 11.6 Å². The molecule has 1 spiro atoms. The van der Waals surface area contributed by atoms with E-state index < -0.39 is 29.8 Å². The van der Waals surface area contributed by atoms with Gasteiger partial charge in [-0.25, -0.2) is 9.18 Å². The van der Waals surface area contributed by atoms with Gasteiger partial charge in [-0.2, -0.15) is 0 Å². The Balaban J connectivity index is 1.71. The van der Waals surface area contributed by atoms with Crippen molar-refractivity contribution in [1.82, 2.24) is 10.2 Å². The van der Waals surface area contributed by atoms with Gasteiger partial charge in [0.1, 0.15) is 17.9 Å². The highest BCUT2D eigenvalue weighted by Crippen LogP contribution is 2.38. The van der Waals surface area contributed by atoms with Crippen LogP contribution in [-0.4, -0.2) is 34.8 Å². The van der Waals surface area contributed by atoms with Gasteiger partial charge in [-0.1, -0.05) is 31.4 Å². The van der Waals surface area contributed by atoms with Crippen molar-refractivity contribution in [3.8, 4) is 0 Å². The second-order valence-electron chi connectivity index (χ2n) is 6.61. The van der Waals surface area contributed by atoms with Crippen LogP contribution in [0.5, 0.6) is 0 Å². The topological polar surface area (TPSA) is 78.5 Å². The Morgan fingerprint density at radius 2 is 2.20 bits per heavy atom. The van der Waals surface area contributed by atoms with Crippen LogP contribution in [0, 0.1) is 11.7 Å². The van der Waals surface area contributed by atoms with Crippen LogP contribution in [-0.2, 0) is 9.59 Å².